The molecule has 2 heterocycles. The van der Waals surface area contributed by atoms with Crippen LogP contribution in [0.5, 0.6) is 0 Å². The third-order valence-electron chi connectivity index (χ3n) is 4.44. The fraction of sp³-hybridized carbons (Fsp3) is 0.824. The van der Waals surface area contributed by atoms with E-state index >= 15 is 0 Å². The van der Waals surface area contributed by atoms with Gasteiger partial charge in [-0.15, -0.1) is 0 Å². The lowest BCUT2D eigenvalue weighted by Gasteiger charge is -2.34. The maximum atomic E-state index is 13.5. The first-order valence-corrected chi connectivity index (χ1v) is 8.49. The summed E-state index contributed by atoms with van der Waals surface area (Å²) in [5, 5.41) is 2.64. The molecule has 8 heteroatoms. The second-order valence-electron chi connectivity index (χ2n) is 8.19. The number of ether oxygens (including phenoxy) is 1. The van der Waals surface area contributed by atoms with Crippen molar-refractivity contribution in [2.45, 2.75) is 64.0 Å². The summed E-state index contributed by atoms with van der Waals surface area (Å²) >= 11 is 0. The lowest BCUT2D eigenvalue weighted by molar-refractivity contribution is -0.160. The van der Waals surface area contributed by atoms with E-state index in [4.69, 9.17) is 4.74 Å². The van der Waals surface area contributed by atoms with E-state index in [1.165, 1.54) is 4.90 Å². The number of hydrogen-bond donors (Lipinski definition) is 1. The topological polar surface area (TPSA) is 75.7 Å². The van der Waals surface area contributed by atoms with Gasteiger partial charge in [0, 0.05) is 19.5 Å². The number of hydrogen-bond acceptors (Lipinski definition) is 5. The highest BCUT2D eigenvalue weighted by Gasteiger charge is 2.51. The minimum atomic E-state index is -2.79. The highest BCUT2D eigenvalue weighted by atomic mass is 19.3. The van der Waals surface area contributed by atoms with E-state index in [9.17, 15) is 23.2 Å². The van der Waals surface area contributed by atoms with Gasteiger partial charge in [0.1, 0.15) is 11.1 Å². The second kappa shape index (κ2) is 6.63. The fourth-order valence-corrected chi connectivity index (χ4v) is 3.38. The van der Waals surface area contributed by atoms with Gasteiger partial charge in [-0.2, -0.15) is 0 Å². The molecule has 2 saturated heterocycles. The summed E-state index contributed by atoms with van der Waals surface area (Å²) in [7, 11) is 0. The molecule has 2 aliphatic heterocycles. The predicted octanol–water partition coefficient (Wildman–Crippen LogP) is 1.52. The number of carbonyl (C=O) groups is 3. The van der Waals surface area contributed by atoms with Gasteiger partial charge in [-0.1, -0.05) is 6.92 Å². The van der Waals surface area contributed by atoms with E-state index in [-0.39, 0.29) is 38.1 Å². The maximum absolute atomic E-state index is 13.5. The van der Waals surface area contributed by atoms with Crippen LogP contribution in [0.2, 0.25) is 0 Å². The lowest BCUT2D eigenvalue weighted by atomic mass is 9.85. The van der Waals surface area contributed by atoms with Crippen molar-refractivity contribution in [2.24, 2.45) is 5.92 Å². The van der Waals surface area contributed by atoms with Gasteiger partial charge < -0.3 is 10.1 Å². The summed E-state index contributed by atoms with van der Waals surface area (Å²) in [4.78, 5) is 37.9. The average Bonchev–Trinajstić information content (AvgIpc) is 2.87. The molecule has 2 fully saturated rings. The number of amides is 1. The van der Waals surface area contributed by atoms with Crippen LogP contribution >= 0.6 is 0 Å². The van der Waals surface area contributed by atoms with Gasteiger partial charge in [-0.3, -0.25) is 19.3 Å². The quantitative estimate of drug-likeness (QED) is 0.594. The summed E-state index contributed by atoms with van der Waals surface area (Å²) in [5.41, 5.74) is -1.98. The summed E-state index contributed by atoms with van der Waals surface area (Å²) in [6, 6.07) is 0. The molecule has 0 aromatic heterocycles. The van der Waals surface area contributed by atoms with Crippen molar-refractivity contribution < 1.29 is 27.9 Å². The van der Waals surface area contributed by atoms with Crippen LogP contribution in [0.25, 0.3) is 0 Å². The molecule has 25 heavy (non-hydrogen) atoms. The Kier molecular flexibility index (Phi) is 5.23. The van der Waals surface area contributed by atoms with Crippen molar-refractivity contribution in [2.75, 3.05) is 19.6 Å². The standard InChI is InChI=1S/C17H26F2N2O4/c1-11(14(24)25-15(2,3)4)8-16(12(22)7-13(23)20-16)9-21-6-5-17(18,19)10-21/h11H,5-10H2,1-4H3,(H,20,23). The first-order valence-electron chi connectivity index (χ1n) is 8.49. The van der Waals surface area contributed by atoms with E-state index < -0.39 is 41.4 Å². The molecule has 0 radical (unpaired) electrons. The highest BCUT2D eigenvalue weighted by molar-refractivity contribution is 6.10. The van der Waals surface area contributed by atoms with Crippen LogP contribution in [0.1, 0.15) is 47.0 Å². The third kappa shape index (κ3) is 4.96. The van der Waals surface area contributed by atoms with Crippen molar-refractivity contribution >= 4 is 17.7 Å². The molecule has 0 bridgehead atoms. The number of ketones is 1. The van der Waals surface area contributed by atoms with Gasteiger partial charge in [0.05, 0.1) is 18.9 Å². The van der Waals surface area contributed by atoms with Crippen molar-refractivity contribution in [3.05, 3.63) is 0 Å². The normalized spacial score (nSPS) is 28.1. The van der Waals surface area contributed by atoms with E-state index in [1.54, 1.807) is 27.7 Å². The monoisotopic (exact) mass is 360 g/mol. The van der Waals surface area contributed by atoms with Crippen molar-refractivity contribution in [3.8, 4) is 0 Å². The Morgan fingerprint density at radius 3 is 2.44 bits per heavy atom. The van der Waals surface area contributed by atoms with Gasteiger partial charge in [0.25, 0.3) is 5.92 Å². The number of rotatable bonds is 5. The van der Waals surface area contributed by atoms with E-state index in [0.29, 0.717) is 0 Å². The van der Waals surface area contributed by atoms with Crippen LogP contribution in [0.4, 0.5) is 8.78 Å². The molecule has 2 aliphatic rings. The average molecular weight is 360 g/mol. The molecular formula is C17H26F2N2O4. The number of alkyl halides is 2. The molecule has 2 rings (SSSR count). The molecular weight excluding hydrogens is 334 g/mol. The zero-order valence-corrected chi connectivity index (χ0v) is 15.2. The molecule has 6 nitrogen and oxygen atoms in total. The van der Waals surface area contributed by atoms with Gasteiger partial charge in [0.2, 0.25) is 5.91 Å². The number of carbonyl (C=O) groups excluding carboxylic acids is 3. The van der Waals surface area contributed by atoms with Crippen LogP contribution in [-0.4, -0.2) is 59.3 Å². The van der Waals surface area contributed by atoms with Crippen molar-refractivity contribution in [3.63, 3.8) is 0 Å². The van der Waals surface area contributed by atoms with Crippen LogP contribution < -0.4 is 5.32 Å². The summed E-state index contributed by atoms with van der Waals surface area (Å²) in [6.07, 6.45) is -0.521. The Morgan fingerprint density at radius 1 is 1.36 bits per heavy atom. The Hall–Kier alpha value is -1.57. The molecule has 1 amide bonds. The van der Waals surface area contributed by atoms with E-state index in [0.717, 1.165) is 0 Å². The fourth-order valence-electron chi connectivity index (χ4n) is 3.38. The minimum Gasteiger partial charge on any atom is -0.460 e. The minimum absolute atomic E-state index is 0.0136. The van der Waals surface area contributed by atoms with Gasteiger partial charge in [-0.05, 0) is 27.2 Å². The van der Waals surface area contributed by atoms with E-state index in [1.807, 2.05) is 0 Å². The number of esters is 1. The van der Waals surface area contributed by atoms with Crippen molar-refractivity contribution in [1.82, 2.24) is 10.2 Å². The van der Waals surface area contributed by atoms with Crippen molar-refractivity contribution in [1.29, 1.82) is 0 Å². The zero-order valence-electron chi connectivity index (χ0n) is 15.2. The maximum Gasteiger partial charge on any atom is 0.309 e. The molecule has 0 aromatic rings. The second-order valence-corrected chi connectivity index (χ2v) is 8.19. The van der Waals surface area contributed by atoms with Crippen LogP contribution in [0.15, 0.2) is 0 Å². The zero-order chi connectivity index (χ0) is 19.0. The Balaban J connectivity index is 2.12. The van der Waals surface area contributed by atoms with Crippen LogP contribution in [-0.2, 0) is 19.1 Å². The lowest BCUT2D eigenvalue weighted by Crippen LogP contribution is -2.56. The number of nitrogens with zero attached hydrogens (tertiary/aromatic N) is 1. The number of Topliss-reactive ketones (excluding diaryl/α,β-unsaturated/α-hetero) is 1. The number of likely N-dealkylation sites (tertiary alicyclic amines) is 1. The number of halogens is 2. The summed E-state index contributed by atoms with van der Waals surface area (Å²) in [6.45, 7) is 6.52. The summed E-state index contributed by atoms with van der Waals surface area (Å²) < 4.78 is 32.2. The Bertz CT molecular complexity index is 573. The third-order valence-corrected chi connectivity index (χ3v) is 4.44. The largest absolute Gasteiger partial charge is 0.460 e. The Labute approximate surface area is 146 Å². The molecule has 0 aliphatic carbocycles. The van der Waals surface area contributed by atoms with Crippen LogP contribution in [0.3, 0.4) is 0 Å². The first kappa shape index (κ1) is 19.8. The van der Waals surface area contributed by atoms with Gasteiger partial charge in [0.15, 0.2) is 5.78 Å². The Morgan fingerprint density at radius 2 is 2.00 bits per heavy atom. The molecule has 1 N–H and O–H groups in total. The molecule has 2 atom stereocenters. The van der Waals surface area contributed by atoms with E-state index in [2.05, 4.69) is 5.32 Å². The smallest absolute Gasteiger partial charge is 0.309 e. The van der Waals surface area contributed by atoms with Gasteiger partial charge in [-0.25, -0.2) is 8.78 Å². The molecule has 0 saturated carbocycles. The molecule has 142 valence electrons. The molecule has 0 aromatic carbocycles. The molecule has 0 spiro atoms. The van der Waals surface area contributed by atoms with Gasteiger partial charge >= 0.3 is 5.97 Å². The first-order chi connectivity index (χ1) is 11.3. The van der Waals surface area contributed by atoms with Crippen LogP contribution in [0, 0.1) is 5.92 Å². The predicted molar refractivity (Wildman–Crippen MR) is 86.1 cm³/mol. The summed E-state index contributed by atoms with van der Waals surface area (Å²) in [5.74, 6) is -4.71. The number of nitrogens with one attached hydrogen (secondary N) is 1. The highest BCUT2D eigenvalue weighted by Crippen LogP contribution is 2.32. The molecule has 2 unspecified atom stereocenters. The SMILES string of the molecule is CC(CC1(CN2CCC(F)(F)C2)NC(=O)CC1=O)C(=O)OC(C)(C)C.